The van der Waals surface area contributed by atoms with Crippen LogP contribution < -0.4 is 5.73 Å². The molecular weight excluding hydrogens is 272 g/mol. The molecule has 0 fully saturated rings. The van der Waals surface area contributed by atoms with Gasteiger partial charge in [-0.05, 0) is 29.8 Å². The molecule has 0 atom stereocenters. The quantitative estimate of drug-likeness (QED) is 0.751. The van der Waals surface area contributed by atoms with Gasteiger partial charge in [0.1, 0.15) is 5.69 Å². The minimum absolute atomic E-state index is 0.635. The van der Waals surface area contributed by atoms with Gasteiger partial charge in [0.2, 0.25) is 0 Å². The van der Waals surface area contributed by atoms with Crippen LogP contribution in [-0.2, 0) is 6.54 Å². The van der Waals surface area contributed by atoms with Crippen LogP contribution in [0.2, 0.25) is 5.02 Å². The molecule has 20 heavy (non-hydrogen) atoms. The number of hydrogen-bond acceptors (Lipinski definition) is 3. The Morgan fingerprint density at radius 2 is 1.95 bits per heavy atom. The van der Waals surface area contributed by atoms with Gasteiger partial charge in [-0.2, -0.15) is 0 Å². The van der Waals surface area contributed by atoms with E-state index >= 15 is 0 Å². The van der Waals surface area contributed by atoms with Crippen LogP contribution in [0, 0.1) is 0 Å². The van der Waals surface area contributed by atoms with E-state index in [1.165, 1.54) is 0 Å². The lowest BCUT2D eigenvalue weighted by Crippen LogP contribution is -2.00. The second kappa shape index (κ2) is 5.35. The third kappa shape index (κ3) is 2.81. The minimum atomic E-state index is 0.635. The van der Waals surface area contributed by atoms with Crippen LogP contribution >= 0.6 is 11.6 Å². The molecule has 0 amide bonds. The van der Waals surface area contributed by atoms with Gasteiger partial charge in [0.05, 0.1) is 12.7 Å². The minimum Gasteiger partial charge on any atom is -0.399 e. The summed E-state index contributed by atoms with van der Waals surface area (Å²) in [6.07, 6.45) is 1.90. The van der Waals surface area contributed by atoms with Crippen LogP contribution in [0.15, 0.2) is 54.7 Å². The molecule has 0 aliphatic heterocycles. The summed E-state index contributed by atoms with van der Waals surface area (Å²) in [7, 11) is 0. The van der Waals surface area contributed by atoms with Crippen LogP contribution in [0.1, 0.15) is 5.56 Å². The van der Waals surface area contributed by atoms with Crippen molar-refractivity contribution in [1.29, 1.82) is 0 Å². The molecule has 0 spiro atoms. The highest BCUT2D eigenvalue weighted by molar-refractivity contribution is 6.30. The van der Waals surface area contributed by atoms with Crippen LogP contribution in [0.3, 0.4) is 0 Å². The zero-order valence-corrected chi connectivity index (χ0v) is 11.5. The Balaban J connectivity index is 1.84. The second-order valence-corrected chi connectivity index (χ2v) is 4.99. The number of nitrogen functional groups attached to an aromatic ring is 1. The van der Waals surface area contributed by atoms with Crippen LogP contribution in [0.25, 0.3) is 11.3 Å². The lowest BCUT2D eigenvalue weighted by atomic mass is 10.1. The van der Waals surface area contributed by atoms with Crippen molar-refractivity contribution in [2.24, 2.45) is 0 Å². The number of hydrogen-bond donors (Lipinski definition) is 1. The number of anilines is 1. The van der Waals surface area contributed by atoms with Crippen molar-refractivity contribution in [3.05, 3.63) is 65.3 Å². The van der Waals surface area contributed by atoms with E-state index in [1.54, 1.807) is 4.68 Å². The highest BCUT2D eigenvalue weighted by Gasteiger charge is 2.05. The van der Waals surface area contributed by atoms with Gasteiger partial charge in [-0.1, -0.05) is 41.1 Å². The standard InChI is InChI=1S/C15H13ClN4/c16-13-5-1-3-11(7-13)9-20-10-15(18-19-20)12-4-2-6-14(17)8-12/h1-8,10H,9,17H2. The molecule has 0 saturated carbocycles. The molecule has 5 heteroatoms. The van der Waals surface area contributed by atoms with Gasteiger partial charge in [-0.15, -0.1) is 5.10 Å². The van der Waals surface area contributed by atoms with Crippen molar-refractivity contribution in [3.8, 4) is 11.3 Å². The first-order valence-corrected chi connectivity index (χ1v) is 6.59. The number of aromatic nitrogens is 3. The molecule has 0 aliphatic rings. The molecule has 100 valence electrons. The summed E-state index contributed by atoms with van der Waals surface area (Å²) in [6, 6.07) is 15.3. The van der Waals surface area contributed by atoms with Gasteiger partial charge in [0, 0.05) is 16.3 Å². The first kappa shape index (κ1) is 12.7. The Morgan fingerprint density at radius 3 is 2.75 bits per heavy atom. The summed E-state index contributed by atoms with van der Waals surface area (Å²) in [5, 5.41) is 9.02. The third-order valence-electron chi connectivity index (χ3n) is 2.95. The van der Waals surface area contributed by atoms with Crippen LogP contribution in [0.4, 0.5) is 5.69 Å². The SMILES string of the molecule is Nc1cccc(-c2cn(Cc3cccc(Cl)c3)nn2)c1. The van der Waals surface area contributed by atoms with E-state index in [0.29, 0.717) is 12.2 Å². The Hall–Kier alpha value is -2.33. The van der Waals surface area contributed by atoms with Crippen molar-refractivity contribution < 1.29 is 0 Å². The summed E-state index contributed by atoms with van der Waals surface area (Å²) in [5.74, 6) is 0. The lowest BCUT2D eigenvalue weighted by Gasteiger charge is -2.01. The molecule has 0 radical (unpaired) electrons. The number of nitrogens with two attached hydrogens (primary N) is 1. The molecule has 2 N–H and O–H groups in total. The van der Waals surface area contributed by atoms with Crippen molar-refractivity contribution in [2.45, 2.75) is 6.54 Å². The first-order valence-electron chi connectivity index (χ1n) is 6.21. The van der Waals surface area contributed by atoms with Crippen molar-refractivity contribution >= 4 is 17.3 Å². The van der Waals surface area contributed by atoms with Gasteiger partial charge >= 0.3 is 0 Å². The normalized spacial score (nSPS) is 10.7. The predicted molar refractivity (Wildman–Crippen MR) is 80.4 cm³/mol. The molecule has 0 aliphatic carbocycles. The fourth-order valence-corrected chi connectivity index (χ4v) is 2.24. The third-order valence-corrected chi connectivity index (χ3v) is 3.19. The lowest BCUT2D eigenvalue weighted by molar-refractivity contribution is 0.650. The molecule has 0 bridgehead atoms. The Morgan fingerprint density at radius 1 is 1.10 bits per heavy atom. The maximum atomic E-state index is 5.97. The van der Waals surface area contributed by atoms with E-state index in [9.17, 15) is 0 Å². The van der Waals surface area contributed by atoms with E-state index in [1.807, 2.05) is 54.7 Å². The summed E-state index contributed by atoms with van der Waals surface area (Å²) >= 11 is 5.97. The van der Waals surface area contributed by atoms with E-state index in [4.69, 9.17) is 17.3 Å². The summed E-state index contributed by atoms with van der Waals surface area (Å²) in [4.78, 5) is 0. The van der Waals surface area contributed by atoms with Gasteiger partial charge in [-0.25, -0.2) is 4.68 Å². The van der Waals surface area contributed by atoms with E-state index < -0.39 is 0 Å². The number of rotatable bonds is 3. The zero-order valence-electron chi connectivity index (χ0n) is 10.7. The smallest absolute Gasteiger partial charge is 0.113 e. The molecule has 1 aromatic heterocycles. The fraction of sp³-hybridized carbons (Fsp3) is 0.0667. The molecule has 0 saturated heterocycles. The first-order chi connectivity index (χ1) is 9.70. The zero-order chi connectivity index (χ0) is 13.9. The van der Waals surface area contributed by atoms with Crippen molar-refractivity contribution in [3.63, 3.8) is 0 Å². The average Bonchev–Trinajstić information content (AvgIpc) is 2.87. The Bertz CT molecular complexity index is 736. The second-order valence-electron chi connectivity index (χ2n) is 4.56. The van der Waals surface area contributed by atoms with E-state index in [2.05, 4.69) is 10.3 Å². The van der Waals surface area contributed by atoms with Gasteiger partial charge < -0.3 is 5.73 Å². The van der Waals surface area contributed by atoms with Gasteiger partial charge in [-0.3, -0.25) is 0 Å². The summed E-state index contributed by atoms with van der Waals surface area (Å²) < 4.78 is 1.78. The predicted octanol–water partition coefficient (Wildman–Crippen LogP) is 3.23. The molecule has 1 heterocycles. The Kier molecular flexibility index (Phi) is 3.39. The van der Waals surface area contributed by atoms with E-state index in [0.717, 1.165) is 21.8 Å². The van der Waals surface area contributed by atoms with Crippen molar-refractivity contribution in [1.82, 2.24) is 15.0 Å². The summed E-state index contributed by atoms with van der Waals surface area (Å²) in [6.45, 7) is 0.635. The molecule has 3 aromatic rings. The maximum Gasteiger partial charge on any atom is 0.113 e. The van der Waals surface area contributed by atoms with Crippen molar-refractivity contribution in [2.75, 3.05) is 5.73 Å². The monoisotopic (exact) mass is 284 g/mol. The highest BCUT2D eigenvalue weighted by atomic mass is 35.5. The molecule has 2 aromatic carbocycles. The van der Waals surface area contributed by atoms with Crippen LogP contribution in [0.5, 0.6) is 0 Å². The maximum absolute atomic E-state index is 5.97. The average molecular weight is 285 g/mol. The number of halogens is 1. The number of nitrogens with zero attached hydrogens (tertiary/aromatic N) is 3. The molecule has 0 unspecified atom stereocenters. The van der Waals surface area contributed by atoms with Crippen LogP contribution in [-0.4, -0.2) is 15.0 Å². The molecule has 4 nitrogen and oxygen atoms in total. The van der Waals surface area contributed by atoms with E-state index in [-0.39, 0.29) is 0 Å². The Labute approximate surface area is 121 Å². The molecule has 3 rings (SSSR count). The summed E-state index contributed by atoms with van der Waals surface area (Å²) in [5.41, 5.74) is 9.34. The largest absolute Gasteiger partial charge is 0.399 e. The topological polar surface area (TPSA) is 56.7 Å². The van der Waals surface area contributed by atoms with Gasteiger partial charge in [0.25, 0.3) is 0 Å². The van der Waals surface area contributed by atoms with Gasteiger partial charge in [0.15, 0.2) is 0 Å². The number of benzene rings is 2. The molecular formula is C15H13ClN4. The fourth-order valence-electron chi connectivity index (χ4n) is 2.03. The highest BCUT2D eigenvalue weighted by Crippen LogP contribution is 2.19.